The molecule has 0 spiro atoms. The summed E-state index contributed by atoms with van der Waals surface area (Å²) in [5, 5.41) is 8.17. The van der Waals surface area contributed by atoms with E-state index in [0.29, 0.717) is 24.5 Å². The van der Waals surface area contributed by atoms with Crippen LogP contribution in [0.2, 0.25) is 0 Å². The number of methoxy groups -OCH3 is 1. The first-order valence-electron chi connectivity index (χ1n) is 6.81. The highest BCUT2D eigenvalue weighted by Crippen LogP contribution is 2.15. The third-order valence-corrected chi connectivity index (χ3v) is 3.02. The fraction of sp³-hybridized carbons (Fsp3) is 0.357. The summed E-state index contributed by atoms with van der Waals surface area (Å²) in [4.78, 5) is 35.9. The number of ether oxygens (including phenoxy) is 1. The minimum absolute atomic E-state index is 0.00287. The molecule has 1 fully saturated rings. The molecule has 1 aromatic carbocycles. The van der Waals surface area contributed by atoms with Gasteiger partial charge in [0, 0.05) is 31.6 Å². The van der Waals surface area contributed by atoms with Gasteiger partial charge in [-0.2, -0.15) is 0 Å². The van der Waals surface area contributed by atoms with Crippen LogP contribution in [-0.2, 0) is 14.3 Å². The van der Waals surface area contributed by atoms with Crippen molar-refractivity contribution in [2.45, 2.75) is 0 Å². The number of imide groups is 1. The van der Waals surface area contributed by atoms with Crippen molar-refractivity contribution in [3.63, 3.8) is 0 Å². The van der Waals surface area contributed by atoms with Gasteiger partial charge in [0.2, 0.25) is 11.8 Å². The van der Waals surface area contributed by atoms with Gasteiger partial charge in [-0.3, -0.25) is 14.5 Å². The Hall–Kier alpha value is -2.61. The summed E-state index contributed by atoms with van der Waals surface area (Å²) >= 11 is 0. The van der Waals surface area contributed by atoms with Crippen molar-refractivity contribution in [1.29, 1.82) is 0 Å². The number of hydrogen-bond acceptors (Lipinski definition) is 5. The monoisotopic (exact) mass is 306 g/mol. The highest BCUT2D eigenvalue weighted by molar-refractivity contribution is 5.97. The molecule has 0 atom stereocenters. The van der Waals surface area contributed by atoms with Crippen LogP contribution in [0.4, 0.5) is 16.2 Å². The Balaban J connectivity index is 1.89. The summed E-state index contributed by atoms with van der Waals surface area (Å²) in [6, 6.07) is 6.58. The lowest BCUT2D eigenvalue weighted by Crippen LogP contribution is -2.38. The fourth-order valence-corrected chi connectivity index (χ4v) is 2.02. The summed E-state index contributed by atoms with van der Waals surface area (Å²) in [5.74, 6) is -0.562. The van der Waals surface area contributed by atoms with Crippen LogP contribution in [0.3, 0.4) is 0 Å². The zero-order valence-electron chi connectivity index (χ0n) is 12.2. The molecular weight excluding hydrogens is 288 g/mol. The molecule has 1 aliphatic heterocycles. The van der Waals surface area contributed by atoms with Crippen LogP contribution in [0, 0.1) is 0 Å². The first-order valence-corrected chi connectivity index (χ1v) is 6.81. The van der Waals surface area contributed by atoms with Gasteiger partial charge < -0.3 is 20.7 Å². The highest BCUT2D eigenvalue weighted by atomic mass is 16.5. The van der Waals surface area contributed by atoms with Crippen LogP contribution >= 0.6 is 0 Å². The molecule has 0 bridgehead atoms. The van der Waals surface area contributed by atoms with E-state index in [9.17, 15) is 14.4 Å². The van der Waals surface area contributed by atoms with Gasteiger partial charge in [-0.1, -0.05) is 6.07 Å². The van der Waals surface area contributed by atoms with E-state index in [1.54, 1.807) is 24.3 Å². The Bertz CT molecular complexity index is 576. The first-order chi connectivity index (χ1) is 10.6. The van der Waals surface area contributed by atoms with E-state index in [4.69, 9.17) is 4.74 Å². The van der Waals surface area contributed by atoms with Crippen molar-refractivity contribution in [3.05, 3.63) is 24.3 Å². The largest absolute Gasteiger partial charge is 0.376 e. The van der Waals surface area contributed by atoms with Crippen molar-refractivity contribution in [1.82, 2.24) is 10.2 Å². The fourth-order valence-electron chi connectivity index (χ4n) is 2.02. The number of nitrogens with zero attached hydrogens (tertiary/aromatic N) is 1. The smallest absolute Gasteiger partial charge is 0.324 e. The van der Waals surface area contributed by atoms with E-state index in [1.807, 2.05) is 0 Å². The van der Waals surface area contributed by atoms with Crippen LogP contribution in [-0.4, -0.2) is 56.1 Å². The molecule has 0 radical (unpaired) electrons. The molecule has 8 heteroatoms. The third-order valence-electron chi connectivity index (χ3n) is 3.02. The summed E-state index contributed by atoms with van der Waals surface area (Å²) in [6.45, 7) is 0.834. The molecule has 118 valence electrons. The lowest BCUT2D eigenvalue weighted by molar-refractivity contribution is -0.125. The van der Waals surface area contributed by atoms with Gasteiger partial charge in [0.1, 0.15) is 6.61 Å². The number of urea groups is 1. The van der Waals surface area contributed by atoms with Crippen LogP contribution in [0.15, 0.2) is 24.3 Å². The standard InChI is InChI=1S/C14H18N4O4/c1-22-9-12(19)17-11-4-2-3-10(7-11)16-8-13(20)18-6-5-15-14(18)21/h2-4,7,16H,5-6,8-9H2,1H3,(H,15,21)(H,17,19). The minimum atomic E-state index is -0.368. The predicted molar refractivity (Wildman–Crippen MR) is 80.5 cm³/mol. The predicted octanol–water partition coefficient (Wildman–Crippen LogP) is 0.235. The molecule has 22 heavy (non-hydrogen) atoms. The van der Waals surface area contributed by atoms with E-state index in [1.165, 1.54) is 7.11 Å². The Morgan fingerprint density at radius 1 is 1.36 bits per heavy atom. The summed E-state index contributed by atoms with van der Waals surface area (Å²) < 4.78 is 4.74. The Labute approximate surface area is 127 Å². The van der Waals surface area contributed by atoms with E-state index >= 15 is 0 Å². The number of nitrogens with one attached hydrogen (secondary N) is 3. The number of carbonyl (C=O) groups is 3. The third kappa shape index (κ3) is 4.19. The normalized spacial score (nSPS) is 13.7. The number of hydrogen-bond donors (Lipinski definition) is 3. The number of amides is 4. The summed E-state index contributed by atoms with van der Waals surface area (Å²) in [6.07, 6.45) is 0. The van der Waals surface area contributed by atoms with Crippen molar-refractivity contribution in [2.75, 3.05) is 44.0 Å². The van der Waals surface area contributed by atoms with Crippen molar-refractivity contribution in [2.24, 2.45) is 0 Å². The lowest BCUT2D eigenvalue weighted by atomic mass is 10.2. The molecule has 0 saturated carbocycles. The van der Waals surface area contributed by atoms with Gasteiger partial charge in [0.05, 0.1) is 6.54 Å². The second kappa shape index (κ2) is 7.41. The van der Waals surface area contributed by atoms with E-state index in [0.717, 1.165) is 4.90 Å². The second-order valence-corrected chi connectivity index (χ2v) is 4.69. The van der Waals surface area contributed by atoms with Gasteiger partial charge in [-0.25, -0.2) is 4.79 Å². The average Bonchev–Trinajstić information content (AvgIpc) is 2.91. The molecule has 4 amide bonds. The number of anilines is 2. The molecule has 0 aliphatic carbocycles. The molecular formula is C14H18N4O4. The molecule has 0 unspecified atom stereocenters. The molecule has 1 heterocycles. The zero-order valence-corrected chi connectivity index (χ0v) is 12.2. The molecule has 1 aromatic rings. The van der Waals surface area contributed by atoms with Crippen LogP contribution in [0.25, 0.3) is 0 Å². The lowest BCUT2D eigenvalue weighted by Gasteiger charge is -2.14. The minimum Gasteiger partial charge on any atom is -0.376 e. The van der Waals surface area contributed by atoms with Gasteiger partial charge in [0.15, 0.2) is 0 Å². The summed E-state index contributed by atoms with van der Waals surface area (Å²) in [5.41, 5.74) is 1.27. The number of benzene rings is 1. The van der Waals surface area contributed by atoms with Gasteiger partial charge in [-0.15, -0.1) is 0 Å². The Morgan fingerprint density at radius 3 is 2.82 bits per heavy atom. The van der Waals surface area contributed by atoms with E-state index in [2.05, 4.69) is 16.0 Å². The van der Waals surface area contributed by atoms with Gasteiger partial charge >= 0.3 is 6.03 Å². The van der Waals surface area contributed by atoms with Gasteiger partial charge in [0.25, 0.3) is 0 Å². The Kier molecular flexibility index (Phi) is 5.31. The van der Waals surface area contributed by atoms with Crippen molar-refractivity contribution >= 4 is 29.2 Å². The Morgan fingerprint density at radius 2 is 2.14 bits per heavy atom. The average molecular weight is 306 g/mol. The maximum absolute atomic E-state index is 11.9. The maximum Gasteiger partial charge on any atom is 0.324 e. The van der Waals surface area contributed by atoms with Crippen molar-refractivity contribution < 1.29 is 19.1 Å². The topological polar surface area (TPSA) is 99.8 Å². The maximum atomic E-state index is 11.9. The quantitative estimate of drug-likeness (QED) is 0.699. The molecule has 8 nitrogen and oxygen atoms in total. The SMILES string of the molecule is COCC(=O)Nc1cccc(NCC(=O)N2CCNC2=O)c1. The molecule has 2 rings (SSSR count). The van der Waals surface area contributed by atoms with Gasteiger partial charge in [-0.05, 0) is 18.2 Å². The molecule has 3 N–H and O–H groups in total. The zero-order chi connectivity index (χ0) is 15.9. The number of rotatable bonds is 6. The highest BCUT2D eigenvalue weighted by Gasteiger charge is 2.25. The number of carbonyl (C=O) groups excluding carboxylic acids is 3. The van der Waals surface area contributed by atoms with Crippen LogP contribution in [0.5, 0.6) is 0 Å². The van der Waals surface area contributed by atoms with E-state index < -0.39 is 0 Å². The molecule has 1 saturated heterocycles. The van der Waals surface area contributed by atoms with E-state index in [-0.39, 0.29) is 31.0 Å². The van der Waals surface area contributed by atoms with Crippen LogP contribution in [0.1, 0.15) is 0 Å². The first kappa shape index (κ1) is 15.8. The molecule has 1 aliphatic rings. The van der Waals surface area contributed by atoms with Crippen LogP contribution < -0.4 is 16.0 Å². The second-order valence-electron chi connectivity index (χ2n) is 4.69. The van der Waals surface area contributed by atoms with Crippen molar-refractivity contribution in [3.8, 4) is 0 Å². The summed E-state index contributed by atoms with van der Waals surface area (Å²) in [7, 11) is 1.44. The molecule has 0 aromatic heterocycles.